The Morgan fingerprint density at radius 1 is 1.50 bits per heavy atom. The summed E-state index contributed by atoms with van der Waals surface area (Å²) in [4.78, 5) is 14.6. The van der Waals surface area contributed by atoms with Gasteiger partial charge in [0.2, 0.25) is 5.91 Å². The summed E-state index contributed by atoms with van der Waals surface area (Å²) in [6.07, 6.45) is 2.47. The van der Waals surface area contributed by atoms with Crippen LogP contribution in [-0.2, 0) is 17.6 Å². The minimum absolute atomic E-state index is 0.0339. The van der Waals surface area contributed by atoms with Crippen molar-refractivity contribution in [1.29, 1.82) is 0 Å². The summed E-state index contributed by atoms with van der Waals surface area (Å²) < 4.78 is 19.3. The van der Waals surface area contributed by atoms with Crippen molar-refractivity contribution in [1.82, 2.24) is 10.1 Å². The Morgan fingerprint density at radius 3 is 3.00 bits per heavy atom. The average molecular weight is 351 g/mol. The van der Waals surface area contributed by atoms with E-state index in [0.717, 1.165) is 36.3 Å². The molecule has 0 radical (unpaired) electrons. The third kappa shape index (κ3) is 3.05. The van der Waals surface area contributed by atoms with Crippen LogP contribution in [0.3, 0.4) is 0 Å². The summed E-state index contributed by atoms with van der Waals surface area (Å²) in [5, 5.41) is 4.33. The molecule has 1 aromatic heterocycles. The first-order valence-corrected chi connectivity index (χ1v) is 8.58. The molecule has 0 N–H and O–H groups in total. The molecule has 128 valence electrons. The van der Waals surface area contributed by atoms with Crippen molar-refractivity contribution < 1.29 is 13.7 Å². The van der Waals surface area contributed by atoms with Gasteiger partial charge in [0.1, 0.15) is 11.6 Å². The first kappa shape index (κ1) is 17.0. The highest BCUT2D eigenvalue weighted by atomic mass is 35.5. The first-order valence-electron chi connectivity index (χ1n) is 8.20. The summed E-state index contributed by atoms with van der Waals surface area (Å²) in [6.45, 7) is 4.56. The van der Waals surface area contributed by atoms with Crippen LogP contribution in [-0.4, -0.2) is 22.5 Å². The molecule has 1 amide bonds. The average Bonchev–Trinajstić information content (AvgIpc) is 3.16. The molecule has 1 aromatic carbocycles. The molecule has 24 heavy (non-hydrogen) atoms. The fourth-order valence-electron chi connectivity index (χ4n) is 3.42. The van der Waals surface area contributed by atoms with E-state index in [-0.39, 0.29) is 29.0 Å². The summed E-state index contributed by atoms with van der Waals surface area (Å²) in [6, 6.07) is 4.42. The van der Waals surface area contributed by atoms with Crippen LogP contribution in [0.15, 0.2) is 22.7 Å². The van der Waals surface area contributed by atoms with Gasteiger partial charge < -0.3 is 9.42 Å². The maximum Gasteiger partial charge on any atom is 0.227 e. The van der Waals surface area contributed by atoms with Gasteiger partial charge in [-0.05, 0) is 31.9 Å². The summed E-state index contributed by atoms with van der Waals surface area (Å²) in [5.41, 5.74) is 2.08. The molecule has 1 unspecified atom stereocenters. The van der Waals surface area contributed by atoms with Crippen molar-refractivity contribution >= 4 is 17.5 Å². The van der Waals surface area contributed by atoms with Gasteiger partial charge in [0.25, 0.3) is 0 Å². The summed E-state index contributed by atoms with van der Waals surface area (Å²) >= 11 is 6.05. The number of halogens is 2. The fraction of sp³-hybridized carbons (Fsp3) is 0.444. The minimum Gasteiger partial charge on any atom is -0.361 e. The van der Waals surface area contributed by atoms with Gasteiger partial charge in [-0.25, -0.2) is 4.39 Å². The second-order valence-electron chi connectivity index (χ2n) is 6.08. The van der Waals surface area contributed by atoms with Crippen molar-refractivity contribution in [3.63, 3.8) is 0 Å². The first-order chi connectivity index (χ1) is 11.5. The van der Waals surface area contributed by atoms with E-state index >= 15 is 0 Å². The van der Waals surface area contributed by atoms with Crippen LogP contribution in [0.2, 0.25) is 5.02 Å². The highest BCUT2D eigenvalue weighted by Crippen LogP contribution is 2.36. The van der Waals surface area contributed by atoms with Gasteiger partial charge >= 0.3 is 0 Å². The molecule has 0 aliphatic carbocycles. The number of aromatic nitrogens is 1. The molecule has 2 aromatic rings. The maximum atomic E-state index is 14.0. The Bertz CT molecular complexity index is 739. The third-order valence-electron chi connectivity index (χ3n) is 4.60. The number of carbonyl (C=O) groups excluding carboxylic acids is 1. The van der Waals surface area contributed by atoms with Gasteiger partial charge in [-0.15, -0.1) is 0 Å². The molecule has 3 rings (SSSR count). The Balaban J connectivity index is 1.85. The highest BCUT2D eigenvalue weighted by molar-refractivity contribution is 6.31. The monoisotopic (exact) mass is 350 g/mol. The van der Waals surface area contributed by atoms with Gasteiger partial charge in [-0.1, -0.05) is 29.7 Å². The quantitative estimate of drug-likeness (QED) is 0.828. The predicted octanol–water partition coefficient (Wildman–Crippen LogP) is 4.24. The Morgan fingerprint density at radius 2 is 2.29 bits per heavy atom. The second kappa shape index (κ2) is 6.93. The zero-order valence-corrected chi connectivity index (χ0v) is 14.6. The van der Waals surface area contributed by atoms with Crippen LogP contribution in [0, 0.1) is 12.7 Å². The predicted molar refractivity (Wildman–Crippen MR) is 89.4 cm³/mol. The van der Waals surface area contributed by atoms with Gasteiger partial charge in [-0.2, -0.15) is 0 Å². The van der Waals surface area contributed by atoms with Crippen molar-refractivity contribution in [3.05, 3.63) is 51.6 Å². The van der Waals surface area contributed by atoms with E-state index in [1.165, 1.54) is 6.07 Å². The highest BCUT2D eigenvalue weighted by Gasteiger charge is 2.34. The van der Waals surface area contributed by atoms with Crippen LogP contribution in [0.4, 0.5) is 4.39 Å². The van der Waals surface area contributed by atoms with Gasteiger partial charge in [-0.3, -0.25) is 4.79 Å². The zero-order valence-electron chi connectivity index (χ0n) is 13.8. The van der Waals surface area contributed by atoms with E-state index in [1.54, 1.807) is 12.1 Å². The number of rotatable bonds is 4. The largest absolute Gasteiger partial charge is 0.361 e. The van der Waals surface area contributed by atoms with Crippen LogP contribution in [0.1, 0.15) is 48.4 Å². The standard InChI is InChI=1S/C18H20ClFN2O2/c1-3-16-18(11(2)21-24-16)15-8-5-9-22(15)17(23)10-12-13(19)6-4-7-14(12)20/h4,6-7,15H,3,5,8-10H2,1-2H3. The van der Waals surface area contributed by atoms with E-state index in [0.29, 0.717) is 6.54 Å². The van der Waals surface area contributed by atoms with Crippen LogP contribution in [0.25, 0.3) is 0 Å². The minimum atomic E-state index is -0.443. The molecule has 4 nitrogen and oxygen atoms in total. The number of nitrogens with zero attached hydrogens (tertiary/aromatic N) is 2. The van der Waals surface area contributed by atoms with Crippen molar-refractivity contribution in [3.8, 4) is 0 Å². The molecule has 1 aliphatic rings. The van der Waals surface area contributed by atoms with E-state index < -0.39 is 5.82 Å². The molecular formula is C18H20ClFN2O2. The number of carbonyl (C=O) groups is 1. The molecule has 1 saturated heterocycles. The molecule has 0 bridgehead atoms. The van der Waals surface area contributed by atoms with Gasteiger partial charge in [0.15, 0.2) is 0 Å². The molecule has 1 atom stereocenters. The van der Waals surface area contributed by atoms with Crippen molar-refractivity contribution in [2.75, 3.05) is 6.54 Å². The van der Waals surface area contributed by atoms with Crippen LogP contribution < -0.4 is 0 Å². The zero-order chi connectivity index (χ0) is 17.3. The lowest BCUT2D eigenvalue weighted by atomic mass is 10.0. The third-order valence-corrected chi connectivity index (χ3v) is 4.95. The Kier molecular flexibility index (Phi) is 4.90. The molecule has 1 fully saturated rings. The number of likely N-dealkylation sites (tertiary alicyclic amines) is 1. The van der Waals surface area contributed by atoms with E-state index in [1.807, 2.05) is 18.7 Å². The molecule has 0 spiro atoms. The lowest BCUT2D eigenvalue weighted by Gasteiger charge is -2.25. The molecule has 0 saturated carbocycles. The number of amides is 1. The Hall–Kier alpha value is -1.88. The molecule has 6 heteroatoms. The smallest absolute Gasteiger partial charge is 0.227 e. The molecule has 2 heterocycles. The Labute approximate surface area is 145 Å². The van der Waals surface area contributed by atoms with Crippen molar-refractivity contribution in [2.24, 2.45) is 0 Å². The van der Waals surface area contributed by atoms with E-state index in [9.17, 15) is 9.18 Å². The van der Waals surface area contributed by atoms with Crippen LogP contribution in [0.5, 0.6) is 0 Å². The van der Waals surface area contributed by atoms with Crippen LogP contribution >= 0.6 is 11.6 Å². The fourth-order valence-corrected chi connectivity index (χ4v) is 3.65. The number of hydrogen-bond acceptors (Lipinski definition) is 3. The van der Waals surface area contributed by atoms with Crippen molar-refractivity contribution in [2.45, 2.75) is 45.6 Å². The lowest BCUT2D eigenvalue weighted by molar-refractivity contribution is -0.131. The summed E-state index contributed by atoms with van der Waals surface area (Å²) in [7, 11) is 0. The molecular weight excluding hydrogens is 331 g/mol. The SMILES string of the molecule is CCc1onc(C)c1C1CCCN1C(=O)Cc1c(F)cccc1Cl. The second-order valence-corrected chi connectivity index (χ2v) is 6.49. The number of hydrogen-bond donors (Lipinski definition) is 0. The lowest BCUT2D eigenvalue weighted by Crippen LogP contribution is -2.32. The maximum absolute atomic E-state index is 14.0. The van der Waals surface area contributed by atoms with E-state index in [2.05, 4.69) is 5.16 Å². The normalized spacial score (nSPS) is 17.5. The summed E-state index contributed by atoms with van der Waals surface area (Å²) in [5.74, 6) is 0.260. The number of benzene rings is 1. The molecule has 1 aliphatic heterocycles. The van der Waals surface area contributed by atoms with Gasteiger partial charge in [0, 0.05) is 29.1 Å². The number of aryl methyl sites for hydroxylation is 2. The van der Waals surface area contributed by atoms with E-state index in [4.69, 9.17) is 16.1 Å². The van der Waals surface area contributed by atoms with Gasteiger partial charge in [0.05, 0.1) is 18.2 Å². The topological polar surface area (TPSA) is 46.3 Å².